The molecule has 1 aromatic carbocycles. The maximum Gasteiger partial charge on any atom is 0.170 e. The molecule has 1 aliphatic carbocycles. The molecule has 15 heavy (non-hydrogen) atoms. The lowest BCUT2D eigenvalue weighted by Gasteiger charge is -2.02. The van der Waals surface area contributed by atoms with Gasteiger partial charge >= 0.3 is 0 Å². The van der Waals surface area contributed by atoms with E-state index in [-0.39, 0.29) is 18.0 Å². The van der Waals surface area contributed by atoms with Crippen molar-refractivity contribution in [2.24, 2.45) is 0 Å². The molecule has 0 fully saturated rings. The molecule has 1 aliphatic rings. The summed E-state index contributed by atoms with van der Waals surface area (Å²) >= 11 is 0. The van der Waals surface area contributed by atoms with Gasteiger partial charge in [0.05, 0.1) is 6.42 Å². The predicted octanol–water partition coefficient (Wildman–Crippen LogP) is 2.34. The SMILES string of the molecule is CC(=O)CC(=O)c1ccc2c(c1)CCC2. The number of benzene rings is 1. The Morgan fingerprint density at radius 2 is 1.93 bits per heavy atom. The maximum atomic E-state index is 11.6. The van der Waals surface area contributed by atoms with Crippen molar-refractivity contribution in [2.75, 3.05) is 0 Å². The molecule has 2 heteroatoms. The second kappa shape index (κ2) is 3.97. The Morgan fingerprint density at radius 1 is 1.20 bits per heavy atom. The van der Waals surface area contributed by atoms with Gasteiger partial charge in [-0.05, 0) is 43.4 Å². The van der Waals surface area contributed by atoms with E-state index in [1.54, 1.807) is 0 Å². The van der Waals surface area contributed by atoms with Crippen molar-refractivity contribution in [1.82, 2.24) is 0 Å². The van der Waals surface area contributed by atoms with Crippen LogP contribution < -0.4 is 0 Å². The summed E-state index contributed by atoms with van der Waals surface area (Å²) in [6.45, 7) is 1.45. The number of rotatable bonds is 3. The molecular formula is C13H14O2. The number of hydrogen-bond acceptors (Lipinski definition) is 2. The van der Waals surface area contributed by atoms with E-state index in [2.05, 4.69) is 0 Å². The lowest BCUT2D eigenvalue weighted by molar-refractivity contribution is -0.116. The first-order chi connectivity index (χ1) is 7.16. The number of Topliss-reactive ketones (excluding diaryl/α,β-unsaturated/α-hetero) is 2. The van der Waals surface area contributed by atoms with Crippen LogP contribution in [0.25, 0.3) is 0 Å². The summed E-state index contributed by atoms with van der Waals surface area (Å²) < 4.78 is 0. The van der Waals surface area contributed by atoms with Crippen LogP contribution in [0.2, 0.25) is 0 Å². The zero-order valence-corrected chi connectivity index (χ0v) is 8.88. The van der Waals surface area contributed by atoms with E-state index in [0.29, 0.717) is 5.56 Å². The largest absolute Gasteiger partial charge is 0.300 e. The topological polar surface area (TPSA) is 34.1 Å². The number of carbonyl (C=O) groups excluding carboxylic acids is 2. The molecule has 0 spiro atoms. The summed E-state index contributed by atoms with van der Waals surface area (Å²) in [5, 5.41) is 0. The minimum Gasteiger partial charge on any atom is -0.300 e. The van der Waals surface area contributed by atoms with E-state index < -0.39 is 0 Å². The van der Waals surface area contributed by atoms with E-state index in [9.17, 15) is 9.59 Å². The van der Waals surface area contributed by atoms with E-state index >= 15 is 0 Å². The number of ketones is 2. The summed E-state index contributed by atoms with van der Waals surface area (Å²) in [4.78, 5) is 22.5. The Balaban J connectivity index is 2.23. The van der Waals surface area contributed by atoms with Gasteiger partial charge in [0.25, 0.3) is 0 Å². The van der Waals surface area contributed by atoms with Gasteiger partial charge in [0.1, 0.15) is 5.78 Å². The molecule has 0 N–H and O–H groups in total. The summed E-state index contributed by atoms with van der Waals surface area (Å²) in [7, 11) is 0. The fourth-order valence-electron chi connectivity index (χ4n) is 2.07. The van der Waals surface area contributed by atoms with Gasteiger partial charge < -0.3 is 0 Å². The van der Waals surface area contributed by atoms with Crippen molar-refractivity contribution in [3.63, 3.8) is 0 Å². The summed E-state index contributed by atoms with van der Waals surface area (Å²) in [5.41, 5.74) is 3.32. The molecule has 0 radical (unpaired) electrons. The molecule has 0 amide bonds. The van der Waals surface area contributed by atoms with Crippen LogP contribution in [0.15, 0.2) is 18.2 Å². The normalized spacial score (nSPS) is 13.7. The Labute approximate surface area is 89.3 Å². The van der Waals surface area contributed by atoms with Crippen LogP contribution in [0.1, 0.15) is 41.3 Å². The highest BCUT2D eigenvalue weighted by atomic mass is 16.1. The Hall–Kier alpha value is -1.44. The number of fused-ring (bicyclic) bond motifs is 1. The average Bonchev–Trinajstić information content (AvgIpc) is 2.62. The van der Waals surface area contributed by atoms with Crippen LogP contribution in [0, 0.1) is 0 Å². The van der Waals surface area contributed by atoms with Gasteiger partial charge in [-0.3, -0.25) is 9.59 Å². The maximum absolute atomic E-state index is 11.6. The minimum absolute atomic E-state index is 0.0266. The third-order valence-electron chi connectivity index (χ3n) is 2.83. The molecular weight excluding hydrogens is 188 g/mol. The van der Waals surface area contributed by atoms with Crippen LogP contribution in [-0.2, 0) is 17.6 Å². The predicted molar refractivity (Wildman–Crippen MR) is 58.1 cm³/mol. The first kappa shape index (κ1) is 10.1. The molecule has 78 valence electrons. The quantitative estimate of drug-likeness (QED) is 0.557. The number of hydrogen-bond donors (Lipinski definition) is 0. The molecule has 0 bridgehead atoms. The zero-order chi connectivity index (χ0) is 10.8. The van der Waals surface area contributed by atoms with Gasteiger partial charge in [-0.2, -0.15) is 0 Å². The van der Waals surface area contributed by atoms with Crippen molar-refractivity contribution < 1.29 is 9.59 Å². The molecule has 0 atom stereocenters. The lowest BCUT2D eigenvalue weighted by Crippen LogP contribution is -2.05. The Kier molecular flexibility index (Phi) is 2.67. The molecule has 0 saturated carbocycles. The Morgan fingerprint density at radius 3 is 2.67 bits per heavy atom. The second-order valence-corrected chi connectivity index (χ2v) is 4.14. The third-order valence-corrected chi connectivity index (χ3v) is 2.83. The van der Waals surface area contributed by atoms with Gasteiger partial charge in [-0.25, -0.2) is 0 Å². The molecule has 2 nitrogen and oxygen atoms in total. The Bertz CT molecular complexity index is 419. The first-order valence-electron chi connectivity index (χ1n) is 5.31. The lowest BCUT2D eigenvalue weighted by atomic mass is 10.0. The van der Waals surface area contributed by atoms with Crippen LogP contribution in [0.5, 0.6) is 0 Å². The van der Waals surface area contributed by atoms with Crippen LogP contribution in [0.3, 0.4) is 0 Å². The van der Waals surface area contributed by atoms with Crippen LogP contribution >= 0.6 is 0 Å². The van der Waals surface area contributed by atoms with Crippen molar-refractivity contribution in [1.29, 1.82) is 0 Å². The summed E-state index contributed by atoms with van der Waals surface area (Å²) in [6.07, 6.45) is 3.39. The molecule has 0 saturated heterocycles. The standard InChI is InChI=1S/C13H14O2/c1-9(14)7-13(15)12-6-5-10-3-2-4-11(10)8-12/h5-6,8H,2-4,7H2,1H3. The average molecular weight is 202 g/mol. The molecule has 0 heterocycles. The van der Waals surface area contributed by atoms with E-state index in [4.69, 9.17) is 0 Å². The number of carbonyl (C=O) groups is 2. The number of aryl methyl sites for hydroxylation is 2. The molecule has 2 rings (SSSR count). The second-order valence-electron chi connectivity index (χ2n) is 4.14. The first-order valence-corrected chi connectivity index (χ1v) is 5.31. The van der Waals surface area contributed by atoms with Crippen molar-refractivity contribution in [3.05, 3.63) is 34.9 Å². The summed E-state index contributed by atoms with van der Waals surface area (Å²) in [5.74, 6) is -0.127. The van der Waals surface area contributed by atoms with Crippen molar-refractivity contribution in [3.8, 4) is 0 Å². The van der Waals surface area contributed by atoms with Gasteiger partial charge in [0.15, 0.2) is 5.78 Å². The summed E-state index contributed by atoms with van der Waals surface area (Å²) in [6, 6.07) is 5.82. The van der Waals surface area contributed by atoms with Crippen LogP contribution in [0.4, 0.5) is 0 Å². The highest BCUT2D eigenvalue weighted by molar-refractivity contribution is 6.07. The monoisotopic (exact) mass is 202 g/mol. The molecule has 0 aromatic heterocycles. The fourth-order valence-corrected chi connectivity index (χ4v) is 2.07. The van der Waals surface area contributed by atoms with Crippen LogP contribution in [-0.4, -0.2) is 11.6 Å². The fraction of sp³-hybridized carbons (Fsp3) is 0.385. The molecule has 1 aromatic rings. The van der Waals surface area contributed by atoms with Gasteiger partial charge in [0, 0.05) is 5.56 Å². The van der Waals surface area contributed by atoms with Gasteiger partial charge in [-0.15, -0.1) is 0 Å². The highest BCUT2D eigenvalue weighted by Gasteiger charge is 2.14. The zero-order valence-electron chi connectivity index (χ0n) is 8.88. The van der Waals surface area contributed by atoms with Gasteiger partial charge in [-0.1, -0.05) is 12.1 Å². The minimum atomic E-state index is -0.0690. The third kappa shape index (κ3) is 2.14. The molecule has 0 aliphatic heterocycles. The van der Waals surface area contributed by atoms with Gasteiger partial charge in [0.2, 0.25) is 0 Å². The van der Waals surface area contributed by atoms with Crippen molar-refractivity contribution >= 4 is 11.6 Å². The van der Waals surface area contributed by atoms with E-state index in [1.165, 1.54) is 24.5 Å². The van der Waals surface area contributed by atoms with E-state index in [0.717, 1.165) is 12.8 Å². The van der Waals surface area contributed by atoms with E-state index in [1.807, 2.05) is 18.2 Å². The highest BCUT2D eigenvalue weighted by Crippen LogP contribution is 2.23. The smallest absolute Gasteiger partial charge is 0.170 e. The molecule has 0 unspecified atom stereocenters. The van der Waals surface area contributed by atoms with Crippen molar-refractivity contribution in [2.45, 2.75) is 32.6 Å².